The van der Waals surface area contributed by atoms with Gasteiger partial charge in [0.1, 0.15) is 12.7 Å². The van der Waals surface area contributed by atoms with Gasteiger partial charge in [-0.15, -0.1) is 0 Å². The van der Waals surface area contributed by atoms with E-state index in [-0.39, 0.29) is 24.6 Å². The first kappa shape index (κ1) is 18.5. The average Bonchev–Trinajstić information content (AvgIpc) is 3.13. The number of hydrogen-bond acceptors (Lipinski definition) is 5. The van der Waals surface area contributed by atoms with Crippen LogP contribution in [-0.2, 0) is 4.79 Å². The van der Waals surface area contributed by atoms with Crippen LogP contribution in [0.4, 0.5) is 4.79 Å². The summed E-state index contributed by atoms with van der Waals surface area (Å²) in [4.78, 5) is 26.0. The normalized spacial score (nSPS) is 19.4. The minimum absolute atomic E-state index is 0.148. The van der Waals surface area contributed by atoms with Gasteiger partial charge in [0.05, 0.1) is 6.54 Å². The van der Waals surface area contributed by atoms with Crippen molar-refractivity contribution in [1.82, 2.24) is 15.5 Å². The summed E-state index contributed by atoms with van der Waals surface area (Å²) in [5.74, 6) is 1.16. The number of nitrogens with one attached hydrogen (secondary N) is 2. The van der Waals surface area contributed by atoms with Crippen molar-refractivity contribution in [2.24, 2.45) is 0 Å². The van der Waals surface area contributed by atoms with Crippen molar-refractivity contribution >= 4 is 11.9 Å². The third-order valence-electron chi connectivity index (χ3n) is 4.79. The maximum Gasteiger partial charge on any atom is 0.321 e. The predicted molar refractivity (Wildman–Crippen MR) is 97.4 cm³/mol. The maximum atomic E-state index is 12.2. The van der Waals surface area contributed by atoms with Gasteiger partial charge in [-0.2, -0.15) is 0 Å². The number of ether oxygens (including phenoxy) is 2. The lowest BCUT2D eigenvalue weighted by molar-refractivity contribution is -0.121. The second-order valence-electron chi connectivity index (χ2n) is 6.83. The lowest BCUT2D eigenvalue weighted by Crippen LogP contribution is -2.49. The number of amides is 3. The molecule has 26 heavy (non-hydrogen) atoms. The minimum Gasteiger partial charge on any atom is -0.486 e. The number of imide groups is 1. The number of carbonyl (C=O) groups is 2. The van der Waals surface area contributed by atoms with E-state index >= 15 is 0 Å². The molecule has 0 radical (unpaired) electrons. The zero-order valence-corrected chi connectivity index (χ0v) is 15.2. The van der Waals surface area contributed by atoms with Crippen molar-refractivity contribution in [3.63, 3.8) is 0 Å². The van der Waals surface area contributed by atoms with E-state index in [0.717, 1.165) is 37.2 Å². The molecule has 1 fully saturated rings. The molecule has 0 saturated heterocycles. The summed E-state index contributed by atoms with van der Waals surface area (Å²) in [7, 11) is 0. The van der Waals surface area contributed by atoms with E-state index in [1.165, 1.54) is 0 Å². The zero-order valence-electron chi connectivity index (χ0n) is 15.2. The minimum atomic E-state index is -0.399. The fourth-order valence-corrected chi connectivity index (χ4v) is 3.41. The first-order chi connectivity index (χ1) is 12.6. The molecular weight excluding hydrogens is 334 g/mol. The molecule has 1 aromatic carbocycles. The van der Waals surface area contributed by atoms with Crippen molar-refractivity contribution in [3.05, 3.63) is 24.3 Å². The van der Waals surface area contributed by atoms with Crippen LogP contribution in [0.2, 0.25) is 0 Å². The number of carbonyl (C=O) groups excluding carboxylic acids is 2. The molecule has 1 aromatic rings. The van der Waals surface area contributed by atoms with E-state index in [9.17, 15) is 9.59 Å². The van der Waals surface area contributed by atoms with Gasteiger partial charge in [0.25, 0.3) is 0 Å². The first-order valence-electron chi connectivity index (χ1n) is 9.35. The lowest BCUT2D eigenvalue weighted by Gasteiger charge is -2.30. The van der Waals surface area contributed by atoms with Gasteiger partial charge in [-0.3, -0.25) is 15.0 Å². The van der Waals surface area contributed by atoms with Crippen molar-refractivity contribution < 1.29 is 19.1 Å². The summed E-state index contributed by atoms with van der Waals surface area (Å²) in [6.07, 6.45) is 4.10. The Balaban J connectivity index is 1.43. The van der Waals surface area contributed by atoms with E-state index in [1.807, 2.05) is 36.1 Å². The molecule has 1 unspecified atom stereocenters. The molecule has 1 heterocycles. The molecule has 3 rings (SSSR count). The van der Waals surface area contributed by atoms with E-state index in [4.69, 9.17) is 9.47 Å². The van der Waals surface area contributed by atoms with Crippen LogP contribution in [0.25, 0.3) is 0 Å². The van der Waals surface area contributed by atoms with Gasteiger partial charge in [0.15, 0.2) is 11.5 Å². The van der Waals surface area contributed by atoms with Crippen LogP contribution in [0, 0.1) is 0 Å². The Morgan fingerprint density at radius 2 is 1.92 bits per heavy atom. The van der Waals surface area contributed by atoms with Crippen LogP contribution in [0.1, 0.15) is 32.6 Å². The average molecular weight is 361 g/mol. The van der Waals surface area contributed by atoms with Crippen LogP contribution < -0.4 is 20.1 Å². The molecule has 7 heteroatoms. The second-order valence-corrected chi connectivity index (χ2v) is 6.83. The Morgan fingerprint density at radius 3 is 2.65 bits per heavy atom. The highest BCUT2D eigenvalue weighted by Gasteiger charge is 2.24. The molecule has 3 amide bonds. The Morgan fingerprint density at radius 1 is 1.19 bits per heavy atom. The predicted octanol–water partition coefficient (Wildman–Crippen LogP) is 1.92. The summed E-state index contributed by atoms with van der Waals surface area (Å²) in [5, 5.41) is 5.28. The quantitative estimate of drug-likeness (QED) is 0.809. The number of benzene rings is 1. The van der Waals surface area contributed by atoms with Crippen molar-refractivity contribution in [2.45, 2.75) is 44.8 Å². The van der Waals surface area contributed by atoms with Gasteiger partial charge in [-0.1, -0.05) is 31.9 Å². The molecule has 0 bridgehead atoms. The van der Waals surface area contributed by atoms with E-state index in [1.54, 1.807) is 0 Å². The summed E-state index contributed by atoms with van der Waals surface area (Å²) in [6.45, 7) is 3.80. The van der Waals surface area contributed by atoms with Crippen LogP contribution in [0.15, 0.2) is 24.3 Å². The van der Waals surface area contributed by atoms with Gasteiger partial charge < -0.3 is 14.8 Å². The molecule has 0 spiro atoms. The highest BCUT2D eigenvalue weighted by atomic mass is 16.6. The van der Waals surface area contributed by atoms with Crippen molar-refractivity contribution in [3.8, 4) is 11.5 Å². The molecule has 1 aliphatic carbocycles. The van der Waals surface area contributed by atoms with Gasteiger partial charge in [0.2, 0.25) is 5.91 Å². The molecule has 1 aliphatic heterocycles. The Hall–Kier alpha value is -2.28. The topological polar surface area (TPSA) is 79.9 Å². The van der Waals surface area contributed by atoms with Crippen molar-refractivity contribution in [2.75, 3.05) is 26.2 Å². The summed E-state index contributed by atoms with van der Waals surface area (Å²) in [6, 6.07) is 7.35. The fourth-order valence-electron chi connectivity index (χ4n) is 3.41. The zero-order chi connectivity index (χ0) is 18.4. The Labute approximate surface area is 154 Å². The van der Waals surface area contributed by atoms with Gasteiger partial charge in [-0.25, -0.2) is 4.79 Å². The molecular formula is C19H27N3O4. The largest absolute Gasteiger partial charge is 0.486 e. The fraction of sp³-hybridized carbons (Fsp3) is 0.579. The van der Waals surface area contributed by atoms with Crippen LogP contribution in [0.3, 0.4) is 0 Å². The number of hydrogen-bond donors (Lipinski definition) is 2. The van der Waals surface area contributed by atoms with Crippen LogP contribution >= 0.6 is 0 Å². The number of nitrogens with zero attached hydrogens (tertiary/aromatic N) is 1. The highest BCUT2D eigenvalue weighted by molar-refractivity contribution is 5.95. The first-order valence-corrected chi connectivity index (χ1v) is 9.35. The molecule has 0 aromatic heterocycles. The standard InChI is InChI=1S/C19H27N3O4/c1-2-22(11-15-13-25-16-9-5-6-10-17(16)26-15)12-18(23)21-19(24)20-14-7-3-4-8-14/h5-6,9-10,14-15H,2-4,7-8,11-13H2,1H3,(H2,20,21,23,24). The molecule has 142 valence electrons. The lowest BCUT2D eigenvalue weighted by atomic mass is 10.2. The smallest absolute Gasteiger partial charge is 0.321 e. The molecule has 7 nitrogen and oxygen atoms in total. The maximum absolute atomic E-state index is 12.2. The monoisotopic (exact) mass is 361 g/mol. The highest BCUT2D eigenvalue weighted by Crippen LogP contribution is 2.30. The third-order valence-corrected chi connectivity index (χ3v) is 4.79. The Bertz CT molecular complexity index is 631. The van der Waals surface area contributed by atoms with E-state index in [2.05, 4.69) is 10.6 Å². The summed E-state index contributed by atoms with van der Waals surface area (Å²) < 4.78 is 11.6. The summed E-state index contributed by atoms with van der Waals surface area (Å²) >= 11 is 0. The van der Waals surface area contributed by atoms with Crippen LogP contribution in [-0.4, -0.2) is 55.2 Å². The number of rotatable bonds is 6. The number of likely N-dealkylation sites (N-methyl/N-ethyl adjacent to an activating group) is 1. The number of urea groups is 1. The Kier molecular flexibility index (Phi) is 6.33. The van der Waals surface area contributed by atoms with Crippen LogP contribution in [0.5, 0.6) is 11.5 Å². The molecule has 2 aliphatic rings. The van der Waals surface area contributed by atoms with Gasteiger partial charge in [-0.05, 0) is 31.5 Å². The third kappa shape index (κ3) is 5.11. The molecule has 1 saturated carbocycles. The van der Waals surface area contributed by atoms with Crippen molar-refractivity contribution in [1.29, 1.82) is 0 Å². The second kappa shape index (κ2) is 8.89. The van der Waals surface area contributed by atoms with Gasteiger partial charge in [0, 0.05) is 12.6 Å². The molecule has 1 atom stereocenters. The summed E-state index contributed by atoms with van der Waals surface area (Å²) in [5.41, 5.74) is 0. The van der Waals surface area contributed by atoms with E-state index < -0.39 is 6.03 Å². The SMILES string of the molecule is CCN(CC(=O)NC(=O)NC1CCCC1)CC1COc2ccccc2O1. The number of para-hydroxylation sites is 2. The molecule has 2 N–H and O–H groups in total. The van der Waals surface area contributed by atoms with Gasteiger partial charge >= 0.3 is 6.03 Å². The van der Waals surface area contributed by atoms with E-state index in [0.29, 0.717) is 19.7 Å². The number of fused-ring (bicyclic) bond motifs is 1.